The van der Waals surface area contributed by atoms with E-state index >= 15 is 0 Å². The standard InChI is InChI=1S/C17H16N4O3/c1-10-4-6-13-15(8-11(2)19-17(13)18-10)20-14-7-5-12(24-3)9-16(14)21(22)23/h4-9H,1-3H3,(H,18,19,20). The number of rotatable bonds is 4. The van der Waals surface area contributed by atoms with E-state index in [0.29, 0.717) is 17.1 Å². The van der Waals surface area contributed by atoms with Gasteiger partial charge in [-0.3, -0.25) is 10.1 Å². The fraction of sp³-hybridized carbons (Fsp3) is 0.176. The second-order valence-corrected chi connectivity index (χ2v) is 5.40. The summed E-state index contributed by atoms with van der Waals surface area (Å²) in [6.07, 6.45) is 0. The van der Waals surface area contributed by atoms with Crippen molar-refractivity contribution in [3.63, 3.8) is 0 Å². The number of aryl methyl sites for hydroxylation is 2. The van der Waals surface area contributed by atoms with Crippen molar-refractivity contribution < 1.29 is 9.66 Å². The van der Waals surface area contributed by atoms with E-state index in [-0.39, 0.29) is 5.69 Å². The average molecular weight is 324 g/mol. The highest BCUT2D eigenvalue weighted by Gasteiger charge is 2.16. The zero-order valence-electron chi connectivity index (χ0n) is 13.5. The Balaban J connectivity index is 2.12. The number of methoxy groups -OCH3 is 1. The molecule has 122 valence electrons. The van der Waals surface area contributed by atoms with E-state index in [1.165, 1.54) is 13.2 Å². The quantitative estimate of drug-likeness (QED) is 0.578. The van der Waals surface area contributed by atoms with Gasteiger partial charge in [-0.25, -0.2) is 9.97 Å². The zero-order valence-corrected chi connectivity index (χ0v) is 13.5. The van der Waals surface area contributed by atoms with Crippen LogP contribution < -0.4 is 10.1 Å². The van der Waals surface area contributed by atoms with E-state index in [9.17, 15) is 10.1 Å². The summed E-state index contributed by atoms with van der Waals surface area (Å²) < 4.78 is 5.06. The van der Waals surface area contributed by atoms with E-state index in [0.717, 1.165) is 22.5 Å². The first-order valence-corrected chi connectivity index (χ1v) is 7.32. The third-order valence-electron chi connectivity index (χ3n) is 3.61. The Morgan fingerprint density at radius 2 is 1.79 bits per heavy atom. The van der Waals surface area contributed by atoms with Gasteiger partial charge >= 0.3 is 0 Å². The molecule has 0 amide bonds. The molecule has 1 aromatic carbocycles. The lowest BCUT2D eigenvalue weighted by atomic mass is 10.2. The van der Waals surface area contributed by atoms with Gasteiger partial charge in [-0.05, 0) is 44.2 Å². The maximum atomic E-state index is 11.3. The average Bonchev–Trinajstić information content (AvgIpc) is 2.54. The van der Waals surface area contributed by atoms with Crippen LogP contribution in [0.4, 0.5) is 17.1 Å². The Kier molecular flexibility index (Phi) is 3.99. The number of anilines is 2. The Hall–Kier alpha value is -3.22. The van der Waals surface area contributed by atoms with Gasteiger partial charge < -0.3 is 10.1 Å². The molecule has 0 atom stereocenters. The van der Waals surface area contributed by atoms with Crippen molar-refractivity contribution in [2.24, 2.45) is 0 Å². The summed E-state index contributed by atoms with van der Waals surface area (Å²) in [6, 6.07) is 10.3. The molecule has 2 aromatic heterocycles. The van der Waals surface area contributed by atoms with Crippen molar-refractivity contribution in [2.45, 2.75) is 13.8 Å². The minimum Gasteiger partial charge on any atom is -0.496 e. The highest BCUT2D eigenvalue weighted by molar-refractivity contribution is 5.92. The molecule has 7 nitrogen and oxygen atoms in total. The summed E-state index contributed by atoms with van der Waals surface area (Å²) in [7, 11) is 1.47. The monoisotopic (exact) mass is 324 g/mol. The fourth-order valence-corrected chi connectivity index (χ4v) is 2.47. The van der Waals surface area contributed by atoms with Crippen LogP contribution in [0.1, 0.15) is 11.4 Å². The van der Waals surface area contributed by atoms with Crippen molar-refractivity contribution >= 4 is 28.1 Å². The molecule has 0 unspecified atom stereocenters. The number of nitro benzene ring substituents is 1. The van der Waals surface area contributed by atoms with E-state index in [4.69, 9.17) is 4.74 Å². The predicted molar refractivity (Wildman–Crippen MR) is 91.9 cm³/mol. The van der Waals surface area contributed by atoms with Crippen LogP contribution in [0.5, 0.6) is 5.75 Å². The molecule has 0 bridgehead atoms. The molecule has 7 heteroatoms. The summed E-state index contributed by atoms with van der Waals surface area (Å²) in [5.41, 5.74) is 3.29. The molecule has 0 saturated carbocycles. The van der Waals surface area contributed by atoms with Crippen molar-refractivity contribution in [1.29, 1.82) is 0 Å². The lowest BCUT2D eigenvalue weighted by Crippen LogP contribution is -2.00. The lowest BCUT2D eigenvalue weighted by molar-refractivity contribution is -0.384. The SMILES string of the molecule is COc1ccc(Nc2cc(C)nc3nc(C)ccc23)c([N+](=O)[O-])c1. The normalized spacial score (nSPS) is 10.6. The highest BCUT2D eigenvalue weighted by atomic mass is 16.6. The Bertz CT molecular complexity index is 935. The molecule has 3 rings (SSSR count). The first kappa shape index (κ1) is 15.7. The Labute approximate surface area is 138 Å². The van der Waals surface area contributed by atoms with E-state index in [2.05, 4.69) is 15.3 Å². The molecular formula is C17H16N4O3. The molecule has 0 aliphatic carbocycles. The van der Waals surface area contributed by atoms with Crippen LogP contribution in [-0.2, 0) is 0 Å². The largest absolute Gasteiger partial charge is 0.496 e. The first-order chi connectivity index (χ1) is 11.5. The number of aromatic nitrogens is 2. The third kappa shape index (κ3) is 2.96. The van der Waals surface area contributed by atoms with Crippen LogP contribution in [0.25, 0.3) is 11.0 Å². The smallest absolute Gasteiger partial charge is 0.296 e. The zero-order chi connectivity index (χ0) is 17.3. The second kappa shape index (κ2) is 6.11. The molecule has 0 aliphatic heterocycles. The fourth-order valence-electron chi connectivity index (χ4n) is 2.47. The van der Waals surface area contributed by atoms with Gasteiger partial charge in [-0.1, -0.05) is 0 Å². The second-order valence-electron chi connectivity index (χ2n) is 5.40. The molecule has 0 aliphatic rings. The van der Waals surface area contributed by atoms with Crippen LogP contribution in [-0.4, -0.2) is 22.0 Å². The molecule has 1 N–H and O–H groups in total. The van der Waals surface area contributed by atoms with Gasteiger partial charge in [-0.2, -0.15) is 0 Å². The number of benzene rings is 1. The molecule has 0 radical (unpaired) electrons. The van der Waals surface area contributed by atoms with Crippen molar-refractivity contribution in [2.75, 3.05) is 12.4 Å². The molecule has 0 fully saturated rings. The van der Waals surface area contributed by atoms with Gasteiger partial charge in [0.05, 0.1) is 23.8 Å². The van der Waals surface area contributed by atoms with E-state index < -0.39 is 4.92 Å². The van der Waals surface area contributed by atoms with Gasteiger partial charge in [0.2, 0.25) is 0 Å². The molecular weight excluding hydrogens is 308 g/mol. The van der Waals surface area contributed by atoms with Crippen LogP contribution in [0.2, 0.25) is 0 Å². The van der Waals surface area contributed by atoms with Crippen LogP contribution in [0.3, 0.4) is 0 Å². The van der Waals surface area contributed by atoms with E-state index in [1.807, 2.05) is 32.0 Å². The third-order valence-corrected chi connectivity index (χ3v) is 3.61. The predicted octanol–water partition coefficient (Wildman–Crippen LogP) is 3.91. The number of nitro groups is 1. The van der Waals surface area contributed by atoms with Crippen LogP contribution in [0, 0.1) is 24.0 Å². The minimum atomic E-state index is -0.441. The number of hydrogen-bond acceptors (Lipinski definition) is 6. The van der Waals surface area contributed by atoms with Gasteiger partial charge in [-0.15, -0.1) is 0 Å². The molecule has 2 heterocycles. The van der Waals surface area contributed by atoms with Gasteiger partial charge in [0.1, 0.15) is 11.4 Å². The van der Waals surface area contributed by atoms with Gasteiger partial charge in [0, 0.05) is 16.8 Å². The Morgan fingerprint density at radius 3 is 2.50 bits per heavy atom. The number of nitrogens with one attached hydrogen (secondary N) is 1. The molecule has 0 saturated heterocycles. The topological polar surface area (TPSA) is 90.2 Å². The number of pyridine rings is 2. The Morgan fingerprint density at radius 1 is 1.04 bits per heavy atom. The van der Waals surface area contributed by atoms with Crippen LogP contribution in [0.15, 0.2) is 36.4 Å². The van der Waals surface area contributed by atoms with E-state index in [1.54, 1.807) is 12.1 Å². The minimum absolute atomic E-state index is 0.0583. The van der Waals surface area contributed by atoms with Crippen molar-refractivity contribution in [3.8, 4) is 5.75 Å². The highest BCUT2D eigenvalue weighted by Crippen LogP contribution is 2.33. The summed E-state index contributed by atoms with van der Waals surface area (Å²) in [4.78, 5) is 19.7. The summed E-state index contributed by atoms with van der Waals surface area (Å²) in [6.45, 7) is 3.75. The summed E-state index contributed by atoms with van der Waals surface area (Å²) in [5, 5.41) is 15.3. The maximum absolute atomic E-state index is 11.3. The number of ether oxygens (including phenoxy) is 1. The van der Waals surface area contributed by atoms with Crippen LogP contribution >= 0.6 is 0 Å². The lowest BCUT2D eigenvalue weighted by Gasteiger charge is -2.12. The maximum Gasteiger partial charge on any atom is 0.296 e. The first-order valence-electron chi connectivity index (χ1n) is 7.32. The van der Waals surface area contributed by atoms with Gasteiger partial charge in [0.15, 0.2) is 5.65 Å². The number of fused-ring (bicyclic) bond motifs is 1. The van der Waals surface area contributed by atoms with Crippen molar-refractivity contribution in [3.05, 3.63) is 57.9 Å². The summed E-state index contributed by atoms with van der Waals surface area (Å²) >= 11 is 0. The molecule has 3 aromatic rings. The number of nitrogens with zero attached hydrogens (tertiary/aromatic N) is 3. The van der Waals surface area contributed by atoms with Crippen molar-refractivity contribution in [1.82, 2.24) is 9.97 Å². The summed E-state index contributed by atoms with van der Waals surface area (Å²) in [5.74, 6) is 0.431. The van der Waals surface area contributed by atoms with Gasteiger partial charge in [0.25, 0.3) is 5.69 Å². The number of hydrogen-bond donors (Lipinski definition) is 1. The molecule has 0 spiro atoms. The molecule has 24 heavy (non-hydrogen) atoms.